The summed E-state index contributed by atoms with van der Waals surface area (Å²) in [6.07, 6.45) is 4.17. The number of carbonyl (C=O) groups excluding carboxylic acids is 3. The average Bonchev–Trinajstić information content (AvgIpc) is 3.93. The number of amides is 3. The summed E-state index contributed by atoms with van der Waals surface area (Å²) in [4.78, 5) is 63.4. The van der Waals surface area contributed by atoms with Gasteiger partial charge in [0.05, 0.1) is 6.54 Å². The number of rotatable bonds is 3. The molecule has 15 nitrogen and oxygen atoms in total. The molecule has 0 unspecified atom stereocenters. The Morgan fingerprint density at radius 2 is 1.37 bits per heavy atom. The lowest BCUT2D eigenvalue weighted by Gasteiger charge is -2.26. The summed E-state index contributed by atoms with van der Waals surface area (Å²) < 4.78 is 23.0. The molecule has 5 aromatic heterocycles. The Labute approximate surface area is 282 Å². The first kappa shape index (κ1) is 31.7. The molecule has 6 heterocycles. The summed E-state index contributed by atoms with van der Waals surface area (Å²) in [5, 5.41) is 10.6. The third kappa shape index (κ3) is 6.37. The molecule has 0 aliphatic carbocycles. The number of hydrogen-bond acceptors (Lipinski definition) is 13. The molecule has 0 saturated carbocycles. The Morgan fingerprint density at radius 3 is 2.10 bits per heavy atom. The van der Waals surface area contributed by atoms with Crippen molar-refractivity contribution in [3.63, 3.8) is 0 Å². The van der Waals surface area contributed by atoms with Crippen LogP contribution >= 0.6 is 11.3 Å². The second kappa shape index (κ2) is 13.0. The van der Waals surface area contributed by atoms with Crippen molar-refractivity contribution in [2.45, 2.75) is 46.3 Å². The number of fused-ring (bicyclic) bond motifs is 14. The van der Waals surface area contributed by atoms with Gasteiger partial charge in [0.25, 0.3) is 5.91 Å². The molecular weight excluding hydrogens is 652 g/mol. The summed E-state index contributed by atoms with van der Waals surface area (Å²) in [6.45, 7) is 7.12. The lowest BCUT2D eigenvalue weighted by molar-refractivity contribution is -0.131. The predicted molar refractivity (Wildman–Crippen MR) is 174 cm³/mol. The summed E-state index contributed by atoms with van der Waals surface area (Å²) in [5.41, 5.74) is 1.99. The average molecular weight is 683 g/mol. The van der Waals surface area contributed by atoms with E-state index in [0.29, 0.717) is 33.3 Å². The van der Waals surface area contributed by atoms with E-state index in [1.54, 1.807) is 45.2 Å². The van der Waals surface area contributed by atoms with Gasteiger partial charge in [-0.1, -0.05) is 58.0 Å². The Hall–Kier alpha value is -5.90. The number of oxazole rings is 4. The molecule has 3 amide bonds. The second-order valence-corrected chi connectivity index (χ2v) is 12.8. The third-order valence-electron chi connectivity index (χ3n) is 7.72. The molecule has 7 rings (SSSR count). The molecule has 0 radical (unpaired) electrons. The van der Waals surface area contributed by atoms with E-state index in [0.717, 1.165) is 0 Å². The van der Waals surface area contributed by atoms with Gasteiger partial charge in [-0.3, -0.25) is 14.4 Å². The monoisotopic (exact) mass is 682 g/mol. The van der Waals surface area contributed by atoms with E-state index < -0.39 is 29.8 Å². The quantitative estimate of drug-likeness (QED) is 0.227. The van der Waals surface area contributed by atoms with Crippen molar-refractivity contribution < 1.29 is 32.1 Å². The van der Waals surface area contributed by atoms with E-state index >= 15 is 0 Å². The first-order valence-corrected chi connectivity index (χ1v) is 16.3. The minimum absolute atomic E-state index is 0.0299. The highest BCUT2D eigenvalue weighted by atomic mass is 32.1. The number of benzene rings is 1. The van der Waals surface area contributed by atoms with Crippen molar-refractivity contribution in [1.82, 2.24) is 40.9 Å². The van der Waals surface area contributed by atoms with Crippen molar-refractivity contribution in [3.05, 3.63) is 66.1 Å². The fourth-order valence-electron chi connectivity index (χ4n) is 5.12. The van der Waals surface area contributed by atoms with Crippen LogP contribution in [0.1, 0.15) is 44.1 Å². The maximum absolute atomic E-state index is 13.9. The van der Waals surface area contributed by atoms with E-state index in [1.807, 2.05) is 18.2 Å². The van der Waals surface area contributed by atoms with Crippen LogP contribution in [0.5, 0.6) is 0 Å². The number of hydrogen-bond donors (Lipinski definition) is 3. The van der Waals surface area contributed by atoms with Crippen LogP contribution in [0, 0.1) is 11.8 Å². The third-order valence-corrected chi connectivity index (χ3v) is 8.58. The Morgan fingerprint density at radius 1 is 0.714 bits per heavy atom. The van der Waals surface area contributed by atoms with E-state index in [1.165, 1.54) is 30.1 Å². The van der Waals surface area contributed by atoms with Crippen LogP contribution in [0.25, 0.3) is 56.8 Å². The molecular formula is C33H30N8O7S. The van der Waals surface area contributed by atoms with Gasteiger partial charge in [0.1, 0.15) is 47.3 Å². The topological polar surface area (TPSA) is 204 Å². The zero-order valence-electron chi connectivity index (χ0n) is 26.7. The lowest BCUT2D eigenvalue weighted by Crippen LogP contribution is -2.56. The van der Waals surface area contributed by atoms with Gasteiger partial charge in [0.15, 0.2) is 22.8 Å². The maximum Gasteiger partial charge on any atom is 0.274 e. The van der Waals surface area contributed by atoms with E-state index in [-0.39, 0.29) is 53.4 Å². The molecule has 0 spiro atoms. The molecule has 16 heteroatoms. The number of nitrogens with one attached hydrogen (secondary N) is 3. The van der Waals surface area contributed by atoms with Crippen molar-refractivity contribution >= 4 is 29.1 Å². The van der Waals surface area contributed by atoms with Crippen LogP contribution in [-0.2, 0) is 16.1 Å². The van der Waals surface area contributed by atoms with Gasteiger partial charge in [-0.2, -0.15) is 0 Å². The van der Waals surface area contributed by atoms with Crippen molar-refractivity contribution in [3.8, 4) is 56.8 Å². The number of aromatic nitrogens is 5. The highest BCUT2D eigenvalue weighted by Crippen LogP contribution is 2.34. The van der Waals surface area contributed by atoms with Crippen molar-refractivity contribution in [2.24, 2.45) is 11.8 Å². The van der Waals surface area contributed by atoms with E-state index in [2.05, 4.69) is 40.9 Å². The van der Waals surface area contributed by atoms with Gasteiger partial charge >= 0.3 is 0 Å². The summed E-state index contributed by atoms with van der Waals surface area (Å²) in [5.74, 6) is -1.43. The fraction of sp³-hybridized carbons (Fsp3) is 0.273. The molecule has 3 N–H and O–H groups in total. The minimum Gasteiger partial charge on any atom is -0.446 e. The smallest absolute Gasteiger partial charge is 0.274 e. The highest BCUT2D eigenvalue weighted by Gasteiger charge is 2.33. The maximum atomic E-state index is 13.9. The van der Waals surface area contributed by atoms with Crippen molar-refractivity contribution in [2.75, 3.05) is 0 Å². The standard InChI is InChI=1S/C33H30N8O7S/c1-15(2)23-27(42)34-10-22-35-18(11-45-22)30-36-19(12-46-30)31-37-20(13-47-31)33-38-21(14-49-33)32-41-25(26(48-32)17-8-6-5-7-9-17)29(44)40-24(16(3)4)28(43)39-23/h5-9,11-16,23-24H,10H2,1-4H3,(H,34,42)(H,39,43)(H,40,44)/t23-,24-/m0/s1. The summed E-state index contributed by atoms with van der Waals surface area (Å²) in [6, 6.07) is 7.09. The fourth-order valence-corrected chi connectivity index (χ4v) is 5.87. The van der Waals surface area contributed by atoms with Crippen LogP contribution < -0.4 is 16.0 Å². The number of nitrogens with zero attached hydrogens (tertiary/aromatic N) is 5. The minimum atomic E-state index is -1.01. The molecule has 6 aromatic rings. The largest absolute Gasteiger partial charge is 0.446 e. The number of thiazole rings is 1. The first-order chi connectivity index (χ1) is 23.6. The van der Waals surface area contributed by atoms with E-state index in [4.69, 9.17) is 17.7 Å². The zero-order chi connectivity index (χ0) is 34.2. The van der Waals surface area contributed by atoms with Crippen LogP contribution in [0.2, 0.25) is 0 Å². The number of carbonyl (C=O) groups is 3. The van der Waals surface area contributed by atoms with Gasteiger partial charge in [-0.25, -0.2) is 24.9 Å². The van der Waals surface area contributed by atoms with E-state index in [9.17, 15) is 14.4 Å². The van der Waals surface area contributed by atoms with Gasteiger partial charge in [0, 0.05) is 10.9 Å². The van der Waals surface area contributed by atoms with Crippen molar-refractivity contribution in [1.29, 1.82) is 0 Å². The second-order valence-electron chi connectivity index (χ2n) is 11.9. The van der Waals surface area contributed by atoms with Gasteiger partial charge in [0.2, 0.25) is 35.4 Å². The molecule has 250 valence electrons. The van der Waals surface area contributed by atoms with Gasteiger partial charge in [-0.15, -0.1) is 11.3 Å². The molecule has 0 saturated heterocycles. The summed E-state index contributed by atoms with van der Waals surface area (Å²) in [7, 11) is 0. The molecule has 1 aromatic carbocycles. The molecule has 10 bridgehead atoms. The van der Waals surface area contributed by atoms with Crippen LogP contribution in [0.3, 0.4) is 0 Å². The normalized spacial score (nSPS) is 17.1. The lowest BCUT2D eigenvalue weighted by atomic mass is 9.99. The zero-order valence-corrected chi connectivity index (χ0v) is 27.5. The molecule has 1 aliphatic heterocycles. The SMILES string of the molecule is CC(C)[C@@H]1NC(=O)c2nc(oc2-c2ccccc2)-c2csc(n2)-c2coc(n2)-c2coc(n2)-c2coc(n2)CNC(=O)[C@H](C(C)C)NC1=O. The molecule has 49 heavy (non-hydrogen) atoms. The highest BCUT2D eigenvalue weighted by molar-refractivity contribution is 7.13. The Bertz CT molecular complexity index is 2140. The Kier molecular flexibility index (Phi) is 8.38. The Balaban J connectivity index is 1.29. The van der Waals surface area contributed by atoms with Crippen LogP contribution in [0.15, 0.2) is 72.2 Å². The van der Waals surface area contributed by atoms with Gasteiger partial charge in [-0.05, 0) is 11.8 Å². The first-order valence-electron chi connectivity index (χ1n) is 15.4. The van der Waals surface area contributed by atoms with Crippen LogP contribution in [0.4, 0.5) is 0 Å². The molecule has 2 atom stereocenters. The van der Waals surface area contributed by atoms with Gasteiger partial charge < -0.3 is 33.6 Å². The molecule has 1 aliphatic rings. The predicted octanol–water partition coefficient (Wildman–Crippen LogP) is 4.96. The van der Waals surface area contributed by atoms with Crippen LogP contribution in [-0.4, -0.2) is 54.7 Å². The molecule has 0 fully saturated rings. The summed E-state index contributed by atoms with van der Waals surface area (Å²) >= 11 is 1.28.